The van der Waals surface area contributed by atoms with E-state index in [-0.39, 0.29) is 17.6 Å². The van der Waals surface area contributed by atoms with Gasteiger partial charge in [0.25, 0.3) is 6.02 Å². The molecule has 178 valence electrons. The molecule has 1 aromatic heterocycles. The first kappa shape index (κ1) is 22.4. The molecule has 1 aliphatic heterocycles. The van der Waals surface area contributed by atoms with Gasteiger partial charge in [-0.15, -0.1) is 18.3 Å². The van der Waals surface area contributed by atoms with Gasteiger partial charge in [-0.1, -0.05) is 12.1 Å². The van der Waals surface area contributed by atoms with E-state index < -0.39 is 6.36 Å². The molecular formula is C24H17F4N5O2. The van der Waals surface area contributed by atoms with Crippen LogP contribution in [-0.2, 0) is 4.74 Å². The fourth-order valence-electron chi connectivity index (χ4n) is 3.44. The summed E-state index contributed by atoms with van der Waals surface area (Å²) in [5.41, 5.74) is 2.88. The van der Waals surface area contributed by atoms with Crippen LogP contribution in [0.1, 0.15) is 11.6 Å². The molecule has 1 aliphatic rings. The predicted octanol–water partition coefficient (Wildman–Crippen LogP) is 5.51. The van der Waals surface area contributed by atoms with Gasteiger partial charge in [0, 0.05) is 11.3 Å². The summed E-state index contributed by atoms with van der Waals surface area (Å²) in [5, 5.41) is 7.48. The fourth-order valence-corrected chi connectivity index (χ4v) is 3.44. The normalized spacial score (nSPS) is 15.4. The average molecular weight is 483 g/mol. The Hall–Kier alpha value is -4.41. The molecule has 4 aromatic rings. The number of rotatable bonds is 5. The van der Waals surface area contributed by atoms with Crippen molar-refractivity contribution in [3.05, 3.63) is 90.5 Å². The second-order valence-corrected chi connectivity index (χ2v) is 7.57. The van der Waals surface area contributed by atoms with Crippen molar-refractivity contribution in [2.24, 2.45) is 4.99 Å². The number of alkyl halides is 3. The second kappa shape index (κ2) is 9.09. The number of hydrogen-bond acceptors (Lipinski definition) is 6. The summed E-state index contributed by atoms with van der Waals surface area (Å²) in [7, 11) is 0. The molecule has 0 fully saturated rings. The lowest BCUT2D eigenvalue weighted by molar-refractivity contribution is -0.274. The first-order chi connectivity index (χ1) is 16.8. The average Bonchev–Trinajstić information content (AvgIpc) is 3.50. The van der Waals surface area contributed by atoms with E-state index in [2.05, 4.69) is 25.1 Å². The monoisotopic (exact) mass is 483 g/mol. The number of ether oxygens (including phenoxy) is 2. The smallest absolute Gasteiger partial charge is 0.462 e. The lowest BCUT2D eigenvalue weighted by Gasteiger charge is -2.09. The molecule has 0 radical (unpaired) electrons. The maximum Gasteiger partial charge on any atom is 0.573 e. The van der Waals surface area contributed by atoms with Crippen molar-refractivity contribution in [3.63, 3.8) is 0 Å². The molecule has 11 heteroatoms. The van der Waals surface area contributed by atoms with Crippen LogP contribution in [0.25, 0.3) is 17.1 Å². The first-order valence-corrected chi connectivity index (χ1v) is 10.4. The van der Waals surface area contributed by atoms with Crippen LogP contribution in [0.3, 0.4) is 0 Å². The SMILES string of the molecule is Fc1ccc(C2COC(Nc3ccc(-c4ncn(-c5ccc(OC(F)(F)F)cc5)n4)cc3)=N2)cc1. The number of nitrogens with zero attached hydrogens (tertiary/aromatic N) is 4. The van der Waals surface area contributed by atoms with E-state index in [9.17, 15) is 17.6 Å². The number of nitrogens with one attached hydrogen (secondary N) is 1. The van der Waals surface area contributed by atoms with Gasteiger partial charge in [-0.3, -0.25) is 0 Å². The Balaban J connectivity index is 1.23. The Bertz CT molecular complexity index is 1330. The zero-order chi connectivity index (χ0) is 24.4. The first-order valence-electron chi connectivity index (χ1n) is 10.4. The van der Waals surface area contributed by atoms with Gasteiger partial charge in [-0.05, 0) is 66.2 Å². The van der Waals surface area contributed by atoms with Crippen molar-refractivity contribution in [1.29, 1.82) is 0 Å². The summed E-state index contributed by atoms with van der Waals surface area (Å²) in [6, 6.07) is 18.9. The molecule has 0 bridgehead atoms. The lowest BCUT2D eigenvalue weighted by Crippen LogP contribution is -2.17. The molecule has 1 unspecified atom stereocenters. The number of anilines is 1. The van der Waals surface area contributed by atoms with Crippen LogP contribution in [0.15, 0.2) is 84.1 Å². The summed E-state index contributed by atoms with van der Waals surface area (Å²) in [4.78, 5) is 8.76. The second-order valence-electron chi connectivity index (χ2n) is 7.57. The Morgan fingerprint density at radius 2 is 1.66 bits per heavy atom. The maximum absolute atomic E-state index is 13.1. The highest BCUT2D eigenvalue weighted by atomic mass is 19.4. The van der Waals surface area contributed by atoms with E-state index in [0.29, 0.717) is 24.1 Å². The van der Waals surface area contributed by atoms with E-state index in [0.717, 1.165) is 16.8 Å². The molecule has 7 nitrogen and oxygen atoms in total. The zero-order valence-corrected chi connectivity index (χ0v) is 17.9. The molecule has 0 saturated carbocycles. The molecule has 0 amide bonds. The Labute approximate surface area is 196 Å². The molecule has 1 N–H and O–H groups in total. The van der Waals surface area contributed by atoms with E-state index >= 15 is 0 Å². The summed E-state index contributed by atoms with van der Waals surface area (Å²) >= 11 is 0. The summed E-state index contributed by atoms with van der Waals surface area (Å²) in [6.45, 7) is 0.358. The third-order valence-electron chi connectivity index (χ3n) is 5.13. The van der Waals surface area contributed by atoms with Crippen LogP contribution in [-0.4, -0.2) is 33.8 Å². The maximum atomic E-state index is 13.1. The van der Waals surface area contributed by atoms with Gasteiger partial charge < -0.3 is 14.8 Å². The summed E-state index contributed by atoms with van der Waals surface area (Å²) < 4.78 is 61.0. The van der Waals surface area contributed by atoms with Crippen LogP contribution >= 0.6 is 0 Å². The third-order valence-corrected chi connectivity index (χ3v) is 5.13. The highest BCUT2D eigenvalue weighted by Crippen LogP contribution is 2.26. The molecule has 0 aliphatic carbocycles. The van der Waals surface area contributed by atoms with Gasteiger partial charge >= 0.3 is 6.36 Å². The van der Waals surface area contributed by atoms with Crippen molar-refractivity contribution in [1.82, 2.24) is 14.8 Å². The van der Waals surface area contributed by atoms with E-state index in [1.165, 1.54) is 47.4 Å². The molecule has 35 heavy (non-hydrogen) atoms. The Morgan fingerprint density at radius 1 is 0.943 bits per heavy atom. The summed E-state index contributed by atoms with van der Waals surface area (Å²) in [5.74, 6) is -0.176. The van der Waals surface area contributed by atoms with Crippen molar-refractivity contribution >= 4 is 11.7 Å². The number of hydrogen-bond donors (Lipinski definition) is 1. The van der Waals surface area contributed by atoms with Crippen LogP contribution < -0.4 is 10.1 Å². The fraction of sp³-hybridized carbons (Fsp3) is 0.125. The van der Waals surface area contributed by atoms with E-state index in [1.807, 2.05) is 24.3 Å². The minimum absolute atomic E-state index is 0.209. The molecular weight excluding hydrogens is 466 g/mol. The molecule has 3 aromatic carbocycles. The van der Waals surface area contributed by atoms with Gasteiger partial charge in [-0.2, -0.15) is 0 Å². The highest BCUT2D eigenvalue weighted by Gasteiger charge is 2.31. The number of aliphatic imine (C=N–C) groups is 1. The van der Waals surface area contributed by atoms with Gasteiger partial charge in [0.2, 0.25) is 0 Å². The Morgan fingerprint density at radius 3 is 2.34 bits per heavy atom. The van der Waals surface area contributed by atoms with Crippen LogP contribution in [0.4, 0.5) is 23.2 Å². The molecule has 1 atom stereocenters. The van der Waals surface area contributed by atoms with Crippen molar-refractivity contribution in [3.8, 4) is 22.8 Å². The van der Waals surface area contributed by atoms with Crippen LogP contribution in [0, 0.1) is 5.82 Å². The standard InChI is InChI=1S/C24H17F4N5O2/c25-17-5-1-15(2-6-17)21-13-34-23(31-21)30-18-7-3-16(4-8-18)22-29-14-33(32-22)19-9-11-20(12-10-19)35-24(26,27)28/h1-12,14,21H,13H2,(H,30,31). The van der Waals surface area contributed by atoms with Crippen LogP contribution in [0.5, 0.6) is 5.75 Å². The minimum Gasteiger partial charge on any atom is -0.462 e. The lowest BCUT2D eigenvalue weighted by atomic mass is 10.1. The molecule has 2 heterocycles. The van der Waals surface area contributed by atoms with Gasteiger partial charge in [0.05, 0.1) is 5.69 Å². The van der Waals surface area contributed by atoms with Gasteiger partial charge in [-0.25, -0.2) is 19.0 Å². The number of aromatic nitrogens is 3. The number of amidine groups is 1. The van der Waals surface area contributed by atoms with Crippen molar-refractivity contribution < 1.29 is 27.0 Å². The molecule has 0 spiro atoms. The number of benzene rings is 3. The molecule has 5 rings (SSSR count). The van der Waals surface area contributed by atoms with Crippen molar-refractivity contribution in [2.75, 3.05) is 11.9 Å². The largest absolute Gasteiger partial charge is 0.573 e. The third kappa shape index (κ3) is 5.40. The zero-order valence-electron chi connectivity index (χ0n) is 17.9. The minimum atomic E-state index is -4.75. The van der Waals surface area contributed by atoms with Crippen LogP contribution in [0.2, 0.25) is 0 Å². The van der Waals surface area contributed by atoms with E-state index in [4.69, 9.17) is 4.74 Å². The van der Waals surface area contributed by atoms with Crippen molar-refractivity contribution in [2.45, 2.75) is 12.4 Å². The predicted molar refractivity (Wildman–Crippen MR) is 120 cm³/mol. The Kier molecular flexibility index (Phi) is 5.81. The van der Waals surface area contributed by atoms with E-state index in [1.54, 1.807) is 12.1 Å². The van der Waals surface area contributed by atoms with Gasteiger partial charge in [0.1, 0.15) is 30.5 Å². The summed E-state index contributed by atoms with van der Waals surface area (Å²) in [6.07, 6.45) is -3.28. The molecule has 0 saturated heterocycles. The van der Waals surface area contributed by atoms with Gasteiger partial charge in [0.15, 0.2) is 5.82 Å². The quantitative estimate of drug-likeness (QED) is 0.379. The topological polar surface area (TPSA) is 73.6 Å². The highest BCUT2D eigenvalue weighted by molar-refractivity contribution is 5.90. The number of halogens is 4.